The lowest BCUT2D eigenvalue weighted by Crippen LogP contribution is -2.49. The molecule has 31 heavy (non-hydrogen) atoms. The Bertz CT molecular complexity index is 1240. The Kier molecular flexibility index (Phi) is 4.82. The minimum atomic E-state index is 0.0708. The quantitative estimate of drug-likeness (QED) is 0.514. The van der Waals surface area contributed by atoms with Crippen molar-refractivity contribution in [2.75, 3.05) is 31.1 Å². The third-order valence-electron chi connectivity index (χ3n) is 5.63. The molecule has 1 aliphatic rings. The smallest absolute Gasteiger partial charge is 0.253 e. The van der Waals surface area contributed by atoms with Gasteiger partial charge in [0.15, 0.2) is 17.0 Å². The average molecular weight is 413 g/mol. The van der Waals surface area contributed by atoms with Crippen molar-refractivity contribution < 1.29 is 4.79 Å². The molecule has 2 aromatic carbocycles. The van der Waals surface area contributed by atoms with Gasteiger partial charge in [-0.05, 0) is 38.1 Å². The van der Waals surface area contributed by atoms with Crippen molar-refractivity contribution in [1.82, 2.24) is 29.9 Å². The molecule has 0 saturated carbocycles. The van der Waals surface area contributed by atoms with Crippen molar-refractivity contribution in [2.45, 2.75) is 13.8 Å². The van der Waals surface area contributed by atoms with Gasteiger partial charge in [0.05, 0.1) is 5.69 Å². The number of aryl methyl sites for hydroxylation is 2. The SMILES string of the molecule is Cc1ccc(-n2nnc3c(N4CCN(C(=O)c5cccc(C)c5)CC4)ncnc32)cc1. The molecule has 1 fully saturated rings. The summed E-state index contributed by atoms with van der Waals surface area (Å²) in [6.07, 6.45) is 1.55. The molecule has 8 nitrogen and oxygen atoms in total. The molecular weight excluding hydrogens is 390 g/mol. The van der Waals surface area contributed by atoms with E-state index in [9.17, 15) is 4.79 Å². The number of aromatic nitrogens is 5. The van der Waals surface area contributed by atoms with E-state index in [0.29, 0.717) is 37.3 Å². The van der Waals surface area contributed by atoms with Crippen LogP contribution in [-0.4, -0.2) is 61.9 Å². The van der Waals surface area contributed by atoms with E-state index in [1.54, 1.807) is 11.0 Å². The maximum absolute atomic E-state index is 12.8. The Hall–Kier alpha value is -3.81. The molecule has 0 N–H and O–H groups in total. The van der Waals surface area contributed by atoms with E-state index in [4.69, 9.17) is 0 Å². The van der Waals surface area contributed by atoms with E-state index in [1.807, 2.05) is 67.3 Å². The molecule has 0 spiro atoms. The van der Waals surface area contributed by atoms with Crippen molar-refractivity contribution in [2.24, 2.45) is 0 Å². The highest BCUT2D eigenvalue weighted by Gasteiger charge is 2.25. The standard InChI is InChI=1S/C23H23N7O/c1-16-6-8-19(9-7-16)30-22-20(26-27-30)21(24-15-25-22)28-10-12-29(13-11-28)23(31)18-5-3-4-17(2)14-18/h3-9,14-15H,10-13H2,1-2H3. The van der Waals surface area contributed by atoms with Gasteiger partial charge in [0.2, 0.25) is 0 Å². The summed E-state index contributed by atoms with van der Waals surface area (Å²) < 4.78 is 1.73. The van der Waals surface area contributed by atoms with Gasteiger partial charge in [0.1, 0.15) is 6.33 Å². The number of fused-ring (bicyclic) bond motifs is 1. The zero-order valence-corrected chi connectivity index (χ0v) is 17.6. The van der Waals surface area contributed by atoms with Crippen LogP contribution in [0.15, 0.2) is 54.9 Å². The Balaban J connectivity index is 1.36. The first-order valence-electron chi connectivity index (χ1n) is 10.3. The number of hydrogen-bond acceptors (Lipinski definition) is 6. The van der Waals surface area contributed by atoms with Crippen LogP contribution in [-0.2, 0) is 0 Å². The average Bonchev–Trinajstić information content (AvgIpc) is 3.23. The van der Waals surface area contributed by atoms with Crippen LogP contribution in [0.5, 0.6) is 0 Å². The number of amides is 1. The van der Waals surface area contributed by atoms with Crippen LogP contribution >= 0.6 is 0 Å². The number of carbonyl (C=O) groups excluding carboxylic acids is 1. The molecule has 1 amide bonds. The molecule has 156 valence electrons. The summed E-state index contributed by atoms with van der Waals surface area (Å²) in [5, 5.41) is 8.68. The van der Waals surface area contributed by atoms with Gasteiger partial charge in [-0.25, -0.2) is 9.97 Å². The van der Waals surface area contributed by atoms with Gasteiger partial charge in [-0.2, -0.15) is 4.68 Å². The number of benzene rings is 2. The predicted octanol–water partition coefficient (Wildman–Crippen LogP) is 2.79. The highest BCUT2D eigenvalue weighted by Crippen LogP contribution is 2.24. The summed E-state index contributed by atoms with van der Waals surface area (Å²) in [5.41, 5.74) is 5.25. The van der Waals surface area contributed by atoms with Crippen LogP contribution in [0.3, 0.4) is 0 Å². The molecule has 8 heteroatoms. The van der Waals surface area contributed by atoms with Gasteiger partial charge in [-0.3, -0.25) is 4.79 Å². The Morgan fingerprint density at radius 2 is 1.68 bits per heavy atom. The van der Waals surface area contributed by atoms with Crippen LogP contribution in [0.25, 0.3) is 16.9 Å². The Morgan fingerprint density at radius 1 is 0.903 bits per heavy atom. The van der Waals surface area contributed by atoms with Crippen LogP contribution in [0.1, 0.15) is 21.5 Å². The van der Waals surface area contributed by atoms with Gasteiger partial charge in [-0.1, -0.05) is 40.6 Å². The van der Waals surface area contributed by atoms with Crippen molar-refractivity contribution in [1.29, 1.82) is 0 Å². The first-order valence-corrected chi connectivity index (χ1v) is 10.3. The summed E-state index contributed by atoms with van der Waals surface area (Å²) in [6.45, 7) is 6.67. The van der Waals surface area contributed by atoms with Gasteiger partial charge >= 0.3 is 0 Å². The van der Waals surface area contributed by atoms with Crippen LogP contribution in [0.2, 0.25) is 0 Å². The van der Waals surface area contributed by atoms with E-state index < -0.39 is 0 Å². The first kappa shape index (κ1) is 19.2. The molecule has 0 aliphatic carbocycles. The lowest BCUT2D eigenvalue weighted by Gasteiger charge is -2.35. The largest absolute Gasteiger partial charge is 0.351 e. The lowest BCUT2D eigenvalue weighted by molar-refractivity contribution is 0.0746. The molecule has 0 atom stereocenters. The van der Waals surface area contributed by atoms with E-state index >= 15 is 0 Å². The second-order valence-corrected chi connectivity index (χ2v) is 7.86. The maximum atomic E-state index is 12.8. The zero-order chi connectivity index (χ0) is 21.4. The fourth-order valence-corrected chi connectivity index (χ4v) is 3.91. The van der Waals surface area contributed by atoms with Crippen molar-refractivity contribution in [3.63, 3.8) is 0 Å². The van der Waals surface area contributed by atoms with E-state index in [0.717, 1.165) is 22.6 Å². The van der Waals surface area contributed by atoms with Crippen molar-refractivity contribution in [3.8, 4) is 5.69 Å². The second kappa shape index (κ2) is 7.79. The highest BCUT2D eigenvalue weighted by molar-refractivity contribution is 5.94. The molecule has 0 radical (unpaired) electrons. The number of piperazine rings is 1. The molecule has 4 aromatic rings. The predicted molar refractivity (Wildman–Crippen MR) is 118 cm³/mol. The zero-order valence-electron chi connectivity index (χ0n) is 17.6. The summed E-state index contributed by atoms with van der Waals surface area (Å²) in [7, 11) is 0. The maximum Gasteiger partial charge on any atom is 0.253 e. The van der Waals surface area contributed by atoms with E-state index in [1.165, 1.54) is 5.56 Å². The number of nitrogens with zero attached hydrogens (tertiary/aromatic N) is 7. The summed E-state index contributed by atoms with van der Waals surface area (Å²) in [6, 6.07) is 15.8. The molecule has 2 aromatic heterocycles. The van der Waals surface area contributed by atoms with Gasteiger partial charge in [0.25, 0.3) is 5.91 Å². The van der Waals surface area contributed by atoms with E-state index in [-0.39, 0.29) is 5.91 Å². The van der Waals surface area contributed by atoms with Crippen molar-refractivity contribution in [3.05, 3.63) is 71.5 Å². The Morgan fingerprint density at radius 3 is 2.42 bits per heavy atom. The topological polar surface area (TPSA) is 80.0 Å². The summed E-state index contributed by atoms with van der Waals surface area (Å²) >= 11 is 0. The number of carbonyl (C=O) groups is 1. The minimum absolute atomic E-state index is 0.0708. The van der Waals surface area contributed by atoms with Gasteiger partial charge in [0, 0.05) is 31.7 Å². The second-order valence-electron chi connectivity index (χ2n) is 7.86. The minimum Gasteiger partial charge on any atom is -0.351 e. The fraction of sp³-hybridized carbons (Fsp3) is 0.261. The van der Waals surface area contributed by atoms with Crippen LogP contribution in [0, 0.1) is 13.8 Å². The summed E-state index contributed by atoms with van der Waals surface area (Å²) in [4.78, 5) is 25.8. The molecule has 1 saturated heterocycles. The van der Waals surface area contributed by atoms with Crippen LogP contribution in [0.4, 0.5) is 5.82 Å². The number of anilines is 1. The molecule has 5 rings (SSSR count). The Labute approximate surface area is 180 Å². The third kappa shape index (κ3) is 3.61. The van der Waals surface area contributed by atoms with Crippen LogP contribution < -0.4 is 4.90 Å². The number of hydrogen-bond donors (Lipinski definition) is 0. The molecule has 0 bridgehead atoms. The highest BCUT2D eigenvalue weighted by atomic mass is 16.2. The van der Waals surface area contributed by atoms with Gasteiger partial charge in [-0.15, -0.1) is 5.10 Å². The van der Waals surface area contributed by atoms with E-state index in [2.05, 4.69) is 25.2 Å². The lowest BCUT2D eigenvalue weighted by atomic mass is 10.1. The summed E-state index contributed by atoms with van der Waals surface area (Å²) in [5.74, 6) is 0.826. The molecule has 0 unspecified atom stereocenters. The van der Waals surface area contributed by atoms with Gasteiger partial charge < -0.3 is 9.80 Å². The van der Waals surface area contributed by atoms with Crippen molar-refractivity contribution >= 4 is 22.9 Å². The fourth-order valence-electron chi connectivity index (χ4n) is 3.91. The molecule has 3 heterocycles. The normalized spacial score (nSPS) is 14.3. The number of rotatable bonds is 3. The third-order valence-corrected chi connectivity index (χ3v) is 5.63. The monoisotopic (exact) mass is 413 g/mol. The molecule has 1 aliphatic heterocycles. The first-order chi connectivity index (χ1) is 15.1. The molecular formula is C23H23N7O.